The molecule has 0 aromatic rings. The lowest BCUT2D eigenvalue weighted by Crippen LogP contribution is -2.41. The Morgan fingerprint density at radius 2 is 1.36 bits per heavy atom. The molecule has 0 spiro atoms. The van der Waals surface area contributed by atoms with E-state index in [1.165, 1.54) is 38.5 Å². The Balaban J connectivity index is 2.05. The van der Waals surface area contributed by atoms with Crippen LogP contribution in [0.25, 0.3) is 0 Å². The molecule has 0 amide bonds. The van der Waals surface area contributed by atoms with Crippen LogP contribution in [0, 0.1) is 5.92 Å². The molecule has 0 N–H and O–H groups in total. The maximum Gasteiger partial charge on any atom is 0.461 e. The topological polar surface area (TPSA) is 35.5 Å². The van der Waals surface area contributed by atoms with E-state index in [4.69, 9.17) is 9.31 Å². The van der Waals surface area contributed by atoms with Gasteiger partial charge in [0.1, 0.15) is 6.29 Å². The second-order valence-corrected chi connectivity index (χ2v) is 8.22. The SMILES string of the molecule is CC1(C)OB(C2CCCCCCCCC(C=O)C2)OC1(C)C. The fourth-order valence-electron chi connectivity index (χ4n) is 3.60. The third-order valence-corrected chi connectivity index (χ3v) is 5.85. The summed E-state index contributed by atoms with van der Waals surface area (Å²) in [6, 6.07) is 0. The van der Waals surface area contributed by atoms with E-state index in [9.17, 15) is 4.79 Å². The first-order chi connectivity index (χ1) is 10.4. The highest BCUT2D eigenvalue weighted by atomic mass is 16.7. The molecule has 2 unspecified atom stereocenters. The van der Waals surface area contributed by atoms with E-state index in [1.807, 2.05) is 0 Å². The van der Waals surface area contributed by atoms with Crippen LogP contribution in [0.2, 0.25) is 5.82 Å². The number of rotatable bonds is 2. The Bertz CT molecular complexity index is 351. The van der Waals surface area contributed by atoms with E-state index in [0.29, 0.717) is 5.82 Å². The monoisotopic (exact) mass is 308 g/mol. The van der Waals surface area contributed by atoms with Gasteiger partial charge in [-0.05, 0) is 46.4 Å². The van der Waals surface area contributed by atoms with Crippen LogP contribution in [0.4, 0.5) is 0 Å². The van der Waals surface area contributed by atoms with Crippen LogP contribution in [0.15, 0.2) is 0 Å². The molecular formula is C18H33BO3. The van der Waals surface area contributed by atoms with Crippen LogP contribution in [0.1, 0.15) is 85.5 Å². The van der Waals surface area contributed by atoms with Crippen LogP contribution in [-0.2, 0) is 14.1 Å². The molecule has 1 aliphatic heterocycles. The predicted octanol–water partition coefficient (Wildman–Crippen LogP) is 4.79. The molecule has 2 atom stereocenters. The molecule has 2 rings (SSSR count). The van der Waals surface area contributed by atoms with Crippen LogP contribution in [0.5, 0.6) is 0 Å². The average molecular weight is 308 g/mol. The zero-order valence-electron chi connectivity index (χ0n) is 14.9. The summed E-state index contributed by atoms with van der Waals surface area (Å²) in [4.78, 5) is 11.4. The van der Waals surface area contributed by atoms with Gasteiger partial charge < -0.3 is 14.1 Å². The molecule has 2 fully saturated rings. The van der Waals surface area contributed by atoms with Crippen LogP contribution >= 0.6 is 0 Å². The van der Waals surface area contributed by atoms with E-state index in [0.717, 1.165) is 25.5 Å². The lowest BCUT2D eigenvalue weighted by molar-refractivity contribution is -0.111. The standard InChI is InChI=1S/C18H33BO3/c1-17(2)18(3,4)22-19(21-17)16-12-10-8-6-5-7-9-11-15(13-16)14-20/h14-16H,5-13H2,1-4H3. The fraction of sp³-hybridized carbons (Fsp3) is 0.944. The Kier molecular flexibility index (Phi) is 6.12. The summed E-state index contributed by atoms with van der Waals surface area (Å²) in [6.07, 6.45) is 11.8. The van der Waals surface area contributed by atoms with Crippen molar-refractivity contribution >= 4 is 13.4 Å². The molecule has 126 valence electrons. The van der Waals surface area contributed by atoms with Gasteiger partial charge in [-0.1, -0.05) is 44.9 Å². The van der Waals surface area contributed by atoms with Crippen LogP contribution in [0.3, 0.4) is 0 Å². The van der Waals surface area contributed by atoms with Crippen molar-refractivity contribution in [3.8, 4) is 0 Å². The Hall–Kier alpha value is -0.345. The second kappa shape index (κ2) is 7.48. The normalized spacial score (nSPS) is 33.2. The molecule has 1 saturated carbocycles. The van der Waals surface area contributed by atoms with Crippen molar-refractivity contribution in [1.29, 1.82) is 0 Å². The molecule has 1 saturated heterocycles. The first-order valence-electron chi connectivity index (χ1n) is 9.17. The van der Waals surface area contributed by atoms with Crippen molar-refractivity contribution in [2.24, 2.45) is 5.92 Å². The number of hydrogen-bond acceptors (Lipinski definition) is 3. The zero-order chi connectivity index (χ0) is 16.2. The summed E-state index contributed by atoms with van der Waals surface area (Å²) >= 11 is 0. The smallest absolute Gasteiger partial charge is 0.403 e. The van der Waals surface area contributed by atoms with Crippen molar-refractivity contribution in [3.63, 3.8) is 0 Å². The van der Waals surface area contributed by atoms with E-state index < -0.39 is 0 Å². The second-order valence-electron chi connectivity index (χ2n) is 8.22. The van der Waals surface area contributed by atoms with Crippen LogP contribution < -0.4 is 0 Å². The lowest BCUT2D eigenvalue weighted by Gasteiger charge is -2.32. The molecular weight excluding hydrogens is 275 g/mol. The molecule has 2 aliphatic rings. The van der Waals surface area contributed by atoms with E-state index in [2.05, 4.69) is 27.7 Å². The Morgan fingerprint density at radius 1 is 0.864 bits per heavy atom. The van der Waals surface area contributed by atoms with Gasteiger partial charge in [0.2, 0.25) is 0 Å². The fourth-order valence-corrected chi connectivity index (χ4v) is 3.60. The zero-order valence-corrected chi connectivity index (χ0v) is 14.9. The first-order valence-corrected chi connectivity index (χ1v) is 9.17. The highest BCUT2D eigenvalue weighted by molar-refractivity contribution is 6.47. The van der Waals surface area contributed by atoms with E-state index in [1.54, 1.807) is 0 Å². The van der Waals surface area contributed by atoms with Gasteiger partial charge in [0.15, 0.2) is 0 Å². The number of carbonyl (C=O) groups excluding carboxylic acids is 1. The summed E-state index contributed by atoms with van der Waals surface area (Å²) in [7, 11) is -0.159. The van der Waals surface area contributed by atoms with Gasteiger partial charge >= 0.3 is 7.12 Å². The lowest BCUT2D eigenvalue weighted by atomic mass is 9.65. The van der Waals surface area contributed by atoms with Gasteiger partial charge in [0.05, 0.1) is 11.2 Å². The van der Waals surface area contributed by atoms with Gasteiger partial charge in [0.25, 0.3) is 0 Å². The molecule has 22 heavy (non-hydrogen) atoms. The van der Waals surface area contributed by atoms with E-state index >= 15 is 0 Å². The summed E-state index contributed by atoms with van der Waals surface area (Å²) < 4.78 is 12.5. The van der Waals surface area contributed by atoms with Crippen molar-refractivity contribution in [3.05, 3.63) is 0 Å². The third-order valence-electron chi connectivity index (χ3n) is 5.85. The Morgan fingerprint density at radius 3 is 1.91 bits per heavy atom. The van der Waals surface area contributed by atoms with Crippen molar-refractivity contribution in [2.75, 3.05) is 0 Å². The third kappa shape index (κ3) is 4.35. The number of hydrogen-bond donors (Lipinski definition) is 0. The number of aldehydes is 1. The van der Waals surface area contributed by atoms with Gasteiger partial charge in [-0.3, -0.25) is 0 Å². The van der Waals surface area contributed by atoms with E-state index in [-0.39, 0.29) is 24.2 Å². The first kappa shape index (κ1) is 18.0. The molecule has 1 aliphatic carbocycles. The predicted molar refractivity (Wildman–Crippen MR) is 90.9 cm³/mol. The molecule has 4 heteroatoms. The summed E-state index contributed by atoms with van der Waals surface area (Å²) in [6.45, 7) is 8.43. The minimum absolute atomic E-state index is 0.159. The quantitative estimate of drug-likeness (QED) is 0.543. The average Bonchev–Trinajstić information content (AvgIpc) is 2.65. The highest BCUT2D eigenvalue weighted by Gasteiger charge is 2.53. The molecule has 0 bridgehead atoms. The molecule has 3 nitrogen and oxygen atoms in total. The van der Waals surface area contributed by atoms with Gasteiger partial charge in [-0.2, -0.15) is 0 Å². The van der Waals surface area contributed by atoms with Crippen molar-refractivity contribution in [1.82, 2.24) is 0 Å². The summed E-state index contributed by atoms with van der Waals surface area (Å²) in [5, 5.41) is 0. The minimum atomic E-state index is -0.277. The van der Waals surface area contributed by atoms with Gasteiger partial charge in [-0.25, -0.2) is 0 Å². The molecule has 0 aromatic heterocycles. The molecule has 1 heterocycles. The maximum atomic E-state index is 11.4. The summed E-state index contributed by atoms with van der Waals surface area (Å²) in [5.74, 6) is 0.511. The van der Waals surface area contributed by atoms with Crippen LogP contribution in [-0.4, -0.2) is 24.6 Å². The number of carbonyl (C=O) groups is 1. The van der Waals surface area contributed by atoms with Crippen molar-refractivity contribution in [2.45, 2.75) is 103 Å². The summed E-state index contributed by atoms with van der Waals surface area (Å²) in [5.41, 5.74) is -0.554. The highest BCUT2D eigenvalue weighted by Crippen LogP contribution is 2.43. The van der Waals surface area contributed by atoms with Crippen molar-refractivity contribution < 1.29 is 14.1 Å². The Labute approximate surface area is 136 Å². The largest absolute Gasteiger partial charge is 0.461 e. The van der Waals surface area contributed by atoms with Gasteiger partial charge in [-0.15, -0.1) is 0 Å². The molecule has 0 radical (unpaired) electrons. The minimum Gasteiger partial charge on any atom is -0.403 e. The maximum absolute atomic E-state index is 11.4. The van der Waals surface area contributed by atoms with Gasteiger partial charge in [0, 0.05) is 5.92 Å². The molecule has 0 aromatic carbocycles.